The van der Waals surface area contributed by atoms with Crippen molar-refractivity contribution in [1.82, 2.24) is 10.2 Å². The molecule has 3 nitrogen and oxygen atoms in total. The molecule has 0 aromatic carbocycles. The normalized spacial score (nSPS) is 28.9. The van der Waals surface area contributed by atoms with Gasteiger partial charge in [-0.1, -0.05) is 19.3 Å². The van der Waals surface area contributed by atoms with Crippen LogP contribution in [0, 0.1) is 11.8 Å². The standard InChI is InChI=1S/C16H30F3N3/c17-16(18,19)9-14-8-15(12-22(11-14)7-6-20)21-10-13-4-2-1-3-5-13/h13-15,21H,1-12,20H2. The minimum atomic E-state index is -4.07. The van der Waals surface area contributed by atoms with Gasteiger partial charge in [-0.15, -0.1) is 0 Å². The first-order chi connectivity index (χ1) is 10.5. The largest absolute Gasteiger partial charge is 0.389 e. The van der Waals surface area contributed by atoms with E-state index < -0.39 is 12.6 Å². The molecule has 0 bridgehead atoms. The van der Waals surface area contributed by atoms with Crippen LogP contribution in [0.25, 0.3) is 0 Å². The SMILES string of the molecule is NCCN1CC(CC(F)(F)F)CC(NCC2CCCCC2)C1. The molecule has 0 spiro atoms. The maximum absolute atomic E-state index is 12.7. The molecule has 1 heterocycles. The van der Waals surface area contributed by atoms with Crippen molar-refractivity contribution in [2.75, 3.05) is 32.7 Å². The number of hydrogen-bond acceptors (Lipinski definition) is 3. The lowest BCUT2D eigenvalue weighted by Crippen LogP contribution is -2.51. The Hall–Kier alpha value is -0.330. The fourth-order valence-electron chi connectivity index (χ4n) is 4.02. The topological polar surface area (TPSA) is 41.3 Å². The number of nitrogens with zero attached hydrogens (tertiary/aromatic N) is 1. The van der Waals surface area contributed by atoms with Gasteiger partial charge in [-0.3, -0.25) is 0 Å². The summed E-state index contributed by atoms with van der Waals surface area (Å²) >= 11 is 0. The molecule has 0 aromatic heterocycles. The second-order valence-corrected chi connectivity index (χ2v) is 7.08. The van der Waals surface area contributed by atoms with Gasteiger partial charge in [-0.2, -0.15) is 13.2 Å². The lowest BCUT2D eigenvalue weighted by Gasteiger charge is -2.39. The fraction of sp³-hybridized carbons (Fsp3) is 1.00. The van der Waals surface area contributed by atoms with E-state index in [0.29, 0.717) is 32.0 Å². The van der Waals surface area contributed by atoms with E-state index in [0.717, 1.165) is 13.1 Å². The van der Waals surface area contributed by atoms with Crippen LogP contribution >= 0.6 is 0 Å². The summed E-state index contributed by atoms with van der Waals surface area (Å²) in [7, 11) is 0. The predicted octanol–water partition coefficient (Wildman–Crippen LogP) is 2.76. The average Bonchev–Trinajstić information content (AvgIpc) is 2.44. The highest BCUT2D eigenvalue weighted by molar-refractivity contribution is 4.85. The van der Waals surface area contributed by atoms with Crippen LogP contribution in [0.3, 0.4) is 0 Å². The number of nitrogens with one attached hydrogen (secondary N) is 1. The Labute approximate surface area is 131 Å². The molecule has 2 aliphatic rings. The van der Waals surface area contributed by atoms with E-state index >= 15 is 0 Å². The number of halogens is 3. The Morgan fingerprint density at radius 3 is 2.41 bits per heavy atom. The van der Waals surface area contributed by atoms with E-state index in [9.17, 15) is 13.2 Å². The van der Waals surface area contributed by atoms with Gasteiger partial charge in [0.2, 0.25) is 0 Å². The lowest BCUT2D eigenvalue weighted by molar-refractivity contribution is -0.148. The third-order valence-corrected chi connectivity index (χ3v) is 5.00. The molecule has 130 valence electrons. The summed E-state index contributed by atoms with van der Waals surface area (Å²) in [5, 5.41) is 3.55. The smallest absolute Gasteiger partial charge is 0.329 e. The zero-order chi connectivity index (χ0) is 16.0. The highest BCUT2D eigenvalue weighted by Crippen LogP contribution is 2.30. The second-order valence-electron chi connectivity index (χ2n) is 7.08. The monoisotopic (exact) mass is 321 g/mol. The van der Waals surface area contributed by atoms with Crippen LogP contribution in [0.15, 0.2) is 0 Å². The molecule has 2 fully saturated rings. The molecule has 2 atom stereocenters. The summed E-state index contributed by atoms with van der Waals surface area (Å²) in [5.41, 5.74) is 5.58. The molecule has 1 aliphatic carbocycles. The van der Waals surface area contributed by atoms with Crippen molar-refractivity contribution in [3.05, 3.63) is 0 Å². The predicted molar refractivity (Wildman–Crippen MR) is 82.6 cm³/mol. The van der Waals surface area contributed by atoms with E-state index in [1.165, 1.54) is 32.1 Å². The van der Waals surface area contributed by atoms with E-state index in [-0.39, 0.29) is 12.0 Å². The van der Waals surface area contributed by atoms with E-state index in [2.05, 4.69) is 10.2 Å². The maximum atomic E-state index is 12.7. The van der Waals surface area contributed by atoms with E-state index in [1.54, 1.807) is 0 Å². The third-order valence-electron chi connectivity index (χ3n) is 5.00. The van der Waals surface area contributed by atoms with Gasteiger partial charge in [-0.25, -0.2) is 0 Å². The van der Waals surface area contributed by atoms with Gasteiger partial charge in [0.1, 0.15) is 0 Å². The summed E-state index contributed by atoms with van der Waals surface area (Å²) in [5.74, 6) is 0.406. The molecule has 2 unspecified atom stereocenters. The molecule has 2 rings (SSSR count). The summed E-state index contributed by atoms with van der Waals surface area (Å²) in [4.78, 5) is 2.10. The van der Waals surface area contributed by atoms with Crippen LogP contribution in [0.4, 0.5) is 13.2 Å². The Morgan fingerprint density at radius 2 is 1.77 bits per heavy atom. The summed E-state index contributed by atoms with van der Waals surface area (Å²) < 4.78 is 38.1. The molecule has 1 aliphatic heterocycles. The van der Waals surface area contributed by atoms with E-state index in [1.807, 2.05) is 0 Å². The Balaban J connectivity index is 1.82. The van der Waals surface area contributed by atoms with E-state index in [4.69, 9.17) is 5.73 Å². The van der Waals surface area contributed by atoms with Crippen LogP contribution in [0.2, 0.25) is 0 Å². The van der Waals surface area contributed by atoms with Crippen molar-refractivity contribution in [3.8, 4) is 0 Å². The first-order valence-corrected chi connectivity index (χ1v) is 8.69. The van der Waals surface area contributed by atoms with Gasteiger partial charge in [0.25, 0.3) is 0 Å². The number of alkyl halides is 3. The Kier molecular flexibility index (Phi) is 6.96. The number of rotatable bonds is 6. The zero-order valence-corrected chi connectivity index (χ0v) is 13.4. The summed E-state index contributed by atoms with van der Waals surface area (Å²) in [6.45, 7) is 3.51. The molecule has 1 saturated heterocycles. The molecule has 6 heteroatoms. The molecular formula is C16H30F3N3. The maximum Gasteiger partial charge on any atom is 0.389 e. The van der Waals surface area contributed by atoms with Crippen molar-refractivity contribution >= 4 is 0 Å². The van der Waals surface area contributed by atoms with Crippen molar-refractivity contribution in [1.29, 1.82) is 0 Å². The summed E-state index contributed by atoms with van der Waals surface area (Å²) in [6.07, 6.45) is 2.35. The number of piperidine rings is 1. The van der Waals surface area contributed by atoms with Crippen molar-refractivity contribution in [2.45, 2.75) is 57.2 Å². The molecule has 0 radical (unpaired) electrons. The van der Waals surface area contributed by atoms with Crippen molar-refractivity contribution in [2.24, 2.45) is 17.6 Å². The number of hydrogen-bond donors (Lipinski definition) is 2. The lowest BCUT2D eigenvalue weighted by atomic mass is 9.88. The number of likely N-dealkylation sites (tertiary alicyclic amines) is 1. The van der Waals surface area contributed by atoms with Crippen LogP contribution in [-0.2, 0) is 0 Å². The fourth-order valence-corrected chi connectivity index (χ4v) is 4.02. The molecule has 22 heavy (non-hydrogen) atoms. The number of nitrogens with two attached hydrogens (primary N) is 1. The Bertz CT molecular complexity index is 316. The van der Waals surface area contributed by atoms with Crippen LogP contribution < -0.4 is 11.1 Å². The molecule has 0 aromatic rings. The first-order valence-electron chi connectivity index (χ1n) is 8.69. The van der Waals surface area contributed by atoms with Crippen LogP contribution in [-0.4, -0.2) is 49.8 Å². The van der Waals surface area contributed by atoms with Gasteiger partial charge in [-0.05, 0) is 37.6 Å². The zero-order valence-electron chi connectivity index (χ0n) is 13.4. The molecule has 0 amide bonds. The van der Waals surface area contributed by atoms with Gasteiger partial charge in [0, 0.05) is 38.6 Å². The average molecular weight is 321 g/mol. The first kappa shape index (κ1) is 18.0. The quantitative estimate of drug-likeness (QED) is 0.790. The molecule has 1 saturated carbocycles. The van der Waals surface area contributed by atoms with Crippen LogP contribution in [0.1, 0.15) is 44.9 Å². The molecule has 3 N–H and O–H groups in total. The minimum absolute atomic E-state index is 0.176. The second kappa shape index (κ2) is 8.50. The van der Waals surface area contributed by atoms with Crippen molar-refractivity contribution < 1.29 is 13.2 Å². The summed E-state index contributed by atoms with van der Waals surface area (Å²) in [6, 6.07) is 0.176. The van der Waals surface area contributed by atoms with Crippen molar-refractivity contribution in [3.63, 3.8) is 0 Å². The highest BCUT2D eigenvalue weighted by atomic mass is 19.4. The van der Waals surface area contributed by atoms with Gasteiger partial charge >= 0.3 is 6.18 Å². The minimum Gasteiger partial charge on any atom is -0.329 e. The molecular weight excluding hydrogens is 291 g/mol. The van der Waals surface area contributed by atoms with Gasteiger partial charge < -0.3 is 16.0 Å². The van der Waals surface area contributed by atoms with Gasteiger partial charge in [0.15, 0.2) is 0 Å². The van der Waals surface area contributed by atoms with Gasteiger partial charge in [0.05, 0.1) is 0 Å². The Morgan fingerprint density at radius 1 is 1.05 bits per heavy atom. The highest BCUT2D eigenvalue weighted by Gasteiger charge is 2.36. The van der Waals surface area contributed by atoms with Crippen LogP contribution in [0.5, 0.6) is 0 Å². The third kappa shape index (κ3) is 6.42.